The lowest BCUT2D eigenvalue weighted by Crippen LogP contribution is -2.32. The number of aryl methyl sites for hydroxylation is 3. The molecule has 0 aliphatic heterocycles. The van der Waals surface area contributed by atoms with E-state index in [-0.39, 0.29) is 12.1 Å². The molecule has 1 aromatic heterocycles. The van der Waals surface area contributed by atoms with E-state index in [1.165, 1.54) is 0 Å². The predicted octanol–water partition coefficient (Wildman–Crippen LogP) is 3.90. The quantitative estimate of drug-likeness (QED) is 0.781. The van der Waals surface area contributed by atoms with E-state index in [0.717, 1.165) is 34.0 Å². The number of carbonyl (C=O) groups is 1. The summed E-state index contributed by atoms with van der Waals surface area (Å²) in [7, 11) is 0. The number of amides is 2. The van der Waals surface area contributed by atoms with Crippen LogP contribution in [0.4, 0.5) is 10.5 Å². The number of urea groups is 1. The first-order valence-corrected chi connectivity index (χ1v) is 8.60. The van der Waals surface area contributed by atoms with Gasteiger partial charge in [0.2, 0.25) is 0 Å². The van der Waals surface area contributed by atoms with Crippen molar-refractivity contribution in [2.24, 2.45) is 0 Å². The fourth-order valence-corrected chi connectivity index (χ4v) is 2.85. The molecule has 0 saturated carbocycles. The maximum absolute atomic E-state index is 12.1. The van der Waals surface area contributed by atoms with E-state index in [1.807, 2.05) is 50.6 Å². The molecule has 0 radical (unpaired) electrons. The number of hydrogen-bond donors (Lipinski definition) is 2. The normalized spacial score (nSPS) is 10.8. The highest BCUT2D eigenvalue weighted by atomic mass is 16.5. The van der Waals surface area contributed by atoms with Crippen molar-refractivity contribution in [1.82, 2.24) is 15.1 Å². The van der Waals surface area contributed by atoms with Gasteiger partial charge in [0.1, 0.15) is 12.4 Å². The first-order valence-electron chi connectivity index (χ1n) is 8.60. The smallest absolute Gasteiger partial charge is 0.319 e. The molecule has 0 fully saturated rings. The van der Waals surface area contributed by atoms with Crippen molar-refractivity contribution in [3.63, 3.8) is 0 Å². The largest absolute Gasteiger partial charge is 0.491 e. The summed E-state index contributed by atoms with van der Waals surface area (Å²) in [4.78, 5) is 12.1. The minimum Gasteiger partial charge on any atom is -0.491 e. The van der Waals surface area contributed by atoms with Crippen LogP contribution in [0, 0.1) is 27.7 Å². The van der Waals surface area contributed by atoms with Crippen molar-refractivity contribution in [3.8, 4) is 5.75 Å². The van der Waals surface area contributed by atoms with Crippen molar-refractivity contribution in [2.45, 2.75) is 47.6 Å². The van der Waals surface area contributed by atoms with E-state index in [0.29, 0.717) is 13.2 Å². The van der Waals surface area contributed by atoms with Crippen LogP contribution in [0.25, 0.3) is 0 Å². The Labute approximate surface area is 149 Å². The second-order valence-electron chi connectivity index (χ2n) is 6.53. The monoisotopic (exact) mass is 344 g/mol. The molecule has 0 spiro atoms. The summed E-state index contributed by atoms with van der Waals surface area (Å²) in [5.74, 6) is 0.884. The third kappa shape index (κ3) is 4.53. The second kappa shape index (κ2) is 8.05. The zero-order chi connectivity index (χ0) is 18.6. The van der Waals surface area contributed by atoms with Crippen LogP contribution < -0.4 is 15.4 Å². The molecule has 6 nitrogen and oxygen atoms in total. The Bertz CT molecular complexity index is 730. The summed E-state index contributed by atoms with van der Waals surface area (Å²) in [5, 5.41) is 10.2. The number of nitrogens with zero attached hydrogens (tertiary/aromatic N) is 2. The predicted molar refractivity (Wildman–Crippen MR) is 101 cm³/mol. The Balaban J connectivity index is 1.86. The van der Waals surface area contributed by atoms with Gasteiger partial charge in [0.25, 0.3) is 0 Å². The molecule has 1 aromatic carbocycles. The summed E-state index contributed by atoms with van der Waals surface area (Å²) in [6.45, 7) is 12.9. The van der Waals surface area contributed by atoms with Gasteiger partial charge in [-0.05, 0) is 52.7 Å². The Morgan fingerprint density at radius 2 is 1.84 bits per heavy atom. The van der Waals surface area contributed by atoms with Gasteiger partial charge < -0.3 is 15.4 Å². The lowest BCUT2D eigenvalue weighted by atomic mass is 10.1. The van der Waals surface area contributed by atoms with Gasteiger partial charge in [0.15, 0.2) is 0 Å². The highest BCUT2D eigenvalue weighted by Gasteiger charge is 2.15. The zero-order valence-electron chi connectivity index (χ0n) is 15.9. The molecule has 25 heavy (non-hydrogen) atoms. The second-order valence-corrected chi connectivity index (χ2v) is 6.53. The van der Waals surface area contributed by atoms with Crippen molar-refractivity contribution < 1.29 is 9.53 Å². The van der Waals surface area contributed by atoms with Crippen LogP contribution >= 0.6 is 0 Å². The molecule has 1 heterocycles. The number of para-hydroxylation sites is 1. The van der Waals surface area contributed by atoms with E-state index in [1.54, 1.807) is 0 Å². The molecule has 0 bridgehead atoms. The summed E-state index contributed by atoms with van der Waals surface area (Å²) < 4.78 is 7.70. The molecule has 0 aliphatic carbocycles. The van der Waals surface area contributed by atoms with E-state index < -0.39 is 0 Å². The van der Waals surface area contributed by atoms with E-state index in [2.05, 4.69) is 29.6 Å². The number of benzene rings is 1. The summed E-state index contributed by atoms with van der Waals surface area (Å²) in [6.07, 6.45) is 0. The van der Waals surface area contributed by atoms with Gasteiger partial charge >= 0.3 is 6.03 Å². The number of carbonyl (C=O) groups excluding carboxylic acids is 1. The molecule has 0 aliphatic rings. The average molecular weight is 344 g/mol. The van der Waals surface area contributed by atoms with E-state index in [9.17, 15) is 4.79 Å². The summed E-state index contributed by atoms with van der Waals surface area (Å²) in [5.41, 5.74) is 4.72. The van der Waals surface area contributed by atoms with Crippen molar-refractivity contribution in [1.29, 1.82) is 0 Å². The van der Waals surface area contributed by atoms with Gasteiger partial charge in [0.05, 0.1) is 23.6 Å². The number of aromatic nitrogens is 2. The standard InChI is InChI=1S/C19H28N4O2/c1-12(2)23-16(6)17(15(5)22-23)21-19(24)20-10-11-25-18-13(3)8-7-9-14(18)4/h7-9,12H,10-11H2,1-6H3,(H2,20,21,24). The van der Waals surface area contributed by atoms with Gasteiger partial charge in [-0.1, -0.05) is 18.2 Å². The molecular formula is C19H28N4O2. The Hall–Kier alpha value is -2.50. The molecule has 2 amide bonds. The van der Waals surface area contributed by atoms with Crippen molar-refractivity contribution >= 4 is 11.7 Å². The van der Waals surface area contributed by atoms with E-state index >= 15 is 0 Å². The van der Waals surface area contributed by atoms with Crippen LogP contribution in [-0.4, -0.2) is 29.0 Å². The van der Waals surface area contributed by atoms with Crippen LogP contribution in [-0.2, 0) is 0 Å². The maximum Gasteiger partial charge on any atom is 0.319 e. The number of ether oxygens (including phenoxy) is 1. The highest BCUT2D eigenvalue weighted by Crippen LogP contribution is 2.23. The van der Waals surface area contributed by atoms with E-state index in [4.69, 9.17) is 4.74 Å². The topological polar surface area (TPSA) is 68.2 Å². The Kier molecular flexibility index (Phi) is 6.07. The summed E-state index contributed by atoms with van der Waals surface area (Å²) in [6, 6.07) is 6.04. The third-order valence-electron chi connectivity index (χ3n) is 4.10. The van der Waals surface area contributed by atoms with Gasteiger partial charge in [-0.25, -0.2) is 4.79 Å². The van der Waals surface area contributed by atoms with Crippen LogP contribution in [0.3, 0.4) is 0 Å². The van der Waals surface area contributed by atoms with Gasteiger partial charge in [-0.3, -0.25) is 4.68 Å². The SMILES string of the molecule is Cc1cccc(C)c1OCCNC(=O)Nc1c(C)nn(C(C)C)c1C. The van der Waals surface area contributed by atoms with Gasteiger partial charge in [-0.2, -0.15) is 5.10 Å². The number of anilines is 1. The summed E-state index contributed by atoms with van der Waals surface area (Å²) >= 11 is 0. The molecule has 136 valence electrons. The molecule has 2 N–H and O–H groups in total. The zero-order valence-corrected chi connectivity index (χ0v) is 15.9. The van der Waals surface area contributed by atoms with Gasteiger partial charge in [-0.15, -0.1) is 0 Å². The number of hydrogen-bond acceptors (Lipinski definition) is 3. The van der Waals surface area contributed by atoms with Crippen molar-refractivity contribution in [2.75, 3.05) is 18.5 Å². The number of rotatable bonds is 6. The molecule has 0 saturated heterocycles. The molecule has 2 rings (SSSR count). The molecule has 0 unspecified atom stereocenters. The fraction of sp³-hybridized carbons (Fsp3) is 0.474. The van der Waals surface area contributed by atoms with Crippen LogP contribution in [0.2, 0.25) is 0 Å². The molecule has 2 aromatic rings. The minimum atomic E-state index is -0.250. The van der Waals surface area contributed by atoms with Gasteiger partial charge in [0, 0.05) is 6.04 Å². The van der Waals surface area contributed by atoms with Crippen LogP contribution in [0.15, 0.2) is 18.2 Å². The van der Waals surface area contributed by atoms with Crippen molar-refractivity contribution in [3.05, 3.63) is 40.7 Å². The first kappa shape index (κ1) is 18.8. The molecule has 0 atom stereocenters. The maximum atomic E-state index is 12.1. The fourth-order valence-electron chi connectivity index (χ4n) is 2.85. The molecule has 6 heteroatoms. The molecular weight excluding hydrogens is 316 g/mol. The van der Waals surface area contributed by atoms with Crippen LogP contribution in [0.5, 0.6) is 5.75 Å². The first-order chi connectivity index (χ1) is 11.8. The number of nitrogens with one attached hydrogen (secondary N) is 2. The Morgan fingerprint density at radius 1 is 1.20 bits per heavy atom. The highest BCUT2D eigenvalue weighted by molar-refractivity contribution is 5.90. The average Bonchev–Trinajstić information content (AvgIpc) is 2.82. The van der Waals surface area contributed by atoms with Crippen LogP contribution in [0.1, 0.15) is 42.4 Å². The Morgan fingerprint density at radius 3 is 2.40 bits per heavy atom. The lowest BCUT2D eigenvalue weighted by Gasteiger charge is -2.13. The third-order valence-corrected chi connectivity index (χ3v) is 4.10. The minimum absolute atomic E-state index is 0.250. The lowest BCUT2D eigenvalue weighted by molar-refractivity contribution is 0.247.